The Hall–Kier alpha value is -0.190. The van der Waals surface area contributed by atoms with Crippen molar-refractivity contribution < 1.29 is 4.21 Å². The van der Waals surface area contributed by atoms with E-state index in [-0.39, 0.29) is 0 Å². The lowest BCUT2D eigenvalue weighted by Gasteiger charge is -2.11. The van der Waals surface area contributed by atoms with Crippen LogP contribution in [-0.4, -0.2) is 22.3 Å². The van der Waals surface area contributed by atoms with Crippen LogP contribution in [0.4, 0.5) is 0 Å². The van der Waals surface area contributed by atoms with Gasteiger partial charge in [0.25, 0.3) is 0 Å². The normalized spacial score (nSPS) is 14.9. The number of aryl methyl sites for hydroxylation is 1. The molecule has 16 heavy (non-hydrogen) atoms. The molecule has 2 nitrogen and oxygen atoms in total. The average molecular weight is 259 g/mol. The van der Waals surface area contributed by atoms with Crippen molar-refractivity contribution in [2.45, 2.75) is 39.3 Å². The van der Waals surface area contributed by atoms with Crippen LogP contribution in [-0.2, 0) is 23.8 Å². The number of rotatable bonds is 7. The summed E-state index contributed by atoms with van der Waals surface area (Å²) in [5.74, 6) is 0.790. The van der Waals surface area contributed by atoms with E-state index >= 15 is 0 Å². The maximum absolute atomic E-state index is 11.0. The molecule has 1 aromatic heterocycles. The summed E-state index contributed by atoms with van der Waals surface area (Å²) in [6.07, 6.45) is 3.86. The molecule has 2 atom stereocenters. The Morgan fingerprint density at radius 2 is 2.12 bits per heavy atom. The first-order valence-corrected chi connectivity index (χ1v) is 8.27. The van der Waals surface area contributed by atoms with Crippen LogP contribution in [0.25, 0.3) is 0 Å². The molecule has 92 valence electrons. The Morgan fingerprint density at radius 3 is 2.69 bits per heavy atom. The second-order valence-corrected chi connectivity index (χ2v) is 6.88. The number of nitrogens with one attached hydrogen (secondary N) is 1. The molecule has 4 heteroatoms. The topological polar surface area (TPSA) is 29.1 Å². The summed E-state index contributed by atoms with van der Waals surface area (Å²) in [7, 11) is -0.669. The molecular formula is C12H21NOS2. The molecule has 1 aromatic rings. The molecule has 1 N–H and O–H groups in total. The van der Waals surface area contributed by atoms with Gasteiger partial charge in [0, 0.05) is 45.1 Å². The third kappa shape index (κ3) is 5.23. The van der Waals surface area contributed by atoms with Gasteiger partial charge in [0.15, 0.2) is 0 Å². The van der Waals surface area contributed by atoms with E-state index in [1.165, 1.54) is 9.75 Å². The van der Waals surface area contributed by atoms with Crippen LogP contribution in [0.2, 0.25) is 0 Å². The summed E-state index contributed by atoms with van der Waals surface area (Å²) >= 11 is 1.88. The van der Waals surface area contributed by atoms with Gasteiger partial charge < -0.3 is 5.32 Å². The van der Waals surface area contributed by atoms with Crippen LogP contribution in [0.1, 0.15) is 30.0 Å². The number of hydrogen-bond acceptors (Lipinski definition) is 3. The standard InChI is InChI=1S/C12H21NOS2/c1-4-11-5-6-12(15-11)9-13-10(2)7-8-16(3)14/h5-6,10,13H,4,7-9H2,1-3H3. The Labute approximate surface area is 105 Å². The van der Waals surface area contributed by atoms with Crippen LogP contribution in [0.15, 0.2) is 12.1 Å². The van der Waals surface area contributed by atoms with Gasteiger partial charge >= 0.3 is 0 Å². The van der Waals surface area contributed by atoms with Crippen molar-refractivity contribution in [3.05, 3.63) is 21.9 Å². The highest BCUT2D eigenvalue weighted by Crippen LogP contribution is 2.16. The lowest BCUT2D eigenvalue weighted by atomic mass is 10.2. The van der Waals surface area contributed by atoms with Crippen molar-refractivity contribution in [3.63, 3.8) is 0 Å². The fraction of sp³-hybridized carbons (Fsp3) is 0.667. The first kappa shape index (κ1) is 13.9. The van der Waals surface area contributed by atoms with Crippen LogP contribution >= 0.6 is 11.3 Å². The van der Waals surface area contributed by atoms with Crippen molar-refractivity contribution in [3.8, 4) is 0 Å². The highest BCUT2D eigenvalue weighted by atomic mass is 32.2. The molecule has 0 saturated carbocycles. The molecule has 0 aromatic carbocycles. The van der Waals surface area contributed by atoms with Gasteiger partial charge in [0.2, 0.25) is 0 Å². The highest BCUT2D eigenvalue weighted by Gasteiger charge is 2.04. The predicted molar refractivity (Wildman–Crippen MR) is 73.5 cm³/mol. The minimum atomic E-state index is -0.669. The molecule has 0 saturated heterocycles. The summed E-state index contributed by atoms with van der Waals surface area (Å²) in [6, 6.07) is 4.84. The SMILES string of the molecule is CCc1ccc(CNC(C)CCS(C)=O)s1. The molecular weight excluding hydrogens is 238 g/mol. The van der Waals surface area contributed by atoms with Gasteiger partial charge in [-0.05, 0) is 31.9 Å². The van der Waals surface area contributed by atoms with Crippen molar-refractivity contribution in [2.75, 3.05) is 12.0 Å². The van der Waals surface area contributed by atoms with Crippen LogP contribution in [0, 0.1) is 0 Å². The summed E-state index contributed by atoms with van der Waals surface area (Å²) in [5.41, 5.74) is 0. The lowest BCUT2D eigenvalue weighted by molar-refractivity contribution is 0.538. The molecule has 1 rings (SSSR count). The summed E-state index contributed by atoms with van der Waals surface area (Å²) < 4.78 is 11.0. The fourth-order valence-electron chi connectivity index (χ4n) is 1.43. The predicted octanol–water partition coefficient (Wildman–Crippen LogP) is 2.56. The molecule has 0 bridgehead atoms. The van der Waals surface area contributed by atoms with Gasteiger partial charge in [-0.2, -0.15) is 0 Å². The monoisotopic (exact) mass is 259 g/mol. The molecule has 2 unspecified atom stereocenters. The summed E-state index contributed by atoms with van der Waals surface area (Å²) in [4.78, 5) is 2.83. The van der Waals surface area contributed by atoms with E-state index in [4.69, 9.17) is 0 Å². The van der Waals surface area contributed by atoms with Crippen molar-refractivity contribution in [1.82, 2.24) is 5.32 Å². The molecule has 0 spiro atoms. The zero-order chi connectivity index (χ0) is 12.0. The van der Waals surface area contributed by atoms with E-state index in [0.29, 0.717) is 6.04 Å². The first-order valence-electron chi connectivity index (χ1n) is 5.72. The van der Waals surface area contributed by atoms with Crippen molar-refractivity contribution in [1.29, 1.82) is 0 Å². The molecule has 0 aliphatic carbocycles. The van der Waals surface area contributed by atoms with E-state index in [2.05, 4.69) is 31.3 Å². The summed E-state index contributed by atoms with van der Waals surface area (Å²) in [6.45, 7) is 5.27. The van der Waals surface area contributed by atoms with Gasteiger partial charge in [-0.1, -0.05) is 6.92 Å². The van der Waals surface area contributed by atoms with Gasteiger partial charge in [0.1, 0.15) is 0 Å². The Morgan fingerprint density at radius 1 is 1.44 bits per heavy atom. The van der Waals surface area contributed by atoms with E-state index in [1.807, 2.05) is 11.3 Å². The van der Waals surface area contributed by atoms with Crippen LogP contribution in [0.5, 0.6) is 0 Å². The fourth-order valence-corrected chi connectivity index (χ4v) is 3.02. The Bertz CT molecular complexity index is 336. The van der Waals surface area contributed by atoms with Crippen molar-refractivity contribution >= 4 is 22.1 Å². The van der Waals surface area contributed by atoms with Crippen LogP contribution < -0.4 is 5.32 Å². The quantitative estimate of drug-likeness (QED) is 0.815. The molecule has 0 radical (unpaired) electrons. The van der Waals surface area contributed by atoms with Gasteiger partial charge in [0.05, 0.1) is 0 Å². The molecule has 0 aliphatic rings. The van der Waals surface area contributed by atoms with Gasteiger partial charge in [-0.3, -0.25) is 4.21 Å². The molecule has 1 heterocycles. The number of hydrogen-bond donors (Lipinski definition) is 1. The van der Waals surface area contributed by atoms with E-state index in [9.17, 15) is 4.21 Å². The van der Waals surface area contributed by atoms with E-state index in [1.54, 1.807) is 6.26 Å². The van der Waals surface area contributed by atoms with E-state index in [0.717, 1.165) is 25.1 Å². The summed E-state index contributed by atoms with van der Waals surface area (Å²) in [5, 5.41) is 3.47. The maximum atomic E-state index is 11.0. The van der Waals surface area contributed by atoms with E-state index < -0.39 is 10.8 Å². The van der Waals surface area contributed by atoms with Crippen molar-refractivity contribution in [2.24, 2.45) is 0 Å². The third-order valence-corrected chi connectivity index (χ3v) is 4.57. The Balaban J connectivity index is 2.25. The van der Waals surface area contributed by atoms with Crippen LogP contribution in [0.3, 0.4) is 0 Å². The Kier molecular flexibility index (Phi) is 6.24. The second kappa shape index (κ2) is 7.20. The average Bonchev–Trinajstić information content (AvgIpc) is 2.71. The van der Waals surface area contributed by atoms with Gasteiger partial charge in [-0.25, -0.2) is 0 Å². The maximum Gasteiger partial charge on any atom is 0.0302 e. The zero-order valence-corrected chi connectivity index (χ0v) is 11.9. The molecule has 0 fully saturated rings. The highest BCUT2D eigenvalue weighted by molar-refractivity contribution is 7.84. The third-order valence-electron chi connectivity index (χ3n) is 2.53. The lowest BCUT2D eigenvalue weighted by Crippen LogP contribution is -2.26. The zero-order valence-electron chi connectivity index (χ0n) is 10.3. The van der Waals surface area contributed by atoms with Gasteiger partial charge in [-0.15, -0.1) is 11.3 Å². The minimum absolute atomic E-state index is 0.441. The molecule has 0 aliphatic heterocycles. The smallest absolute Gasteiger partial charge is 0.0302 e. The molecule has 0 amide bonds. The number of thiophene rings is 1. The largest absolute Gasteiger partial charge is 0.309 e. The first-order chi connectivity index (χ1) is 7.61. The second-order valence-electron chi connectivity index (χ2n) is 4.07. The minimum Gasteiger partial charge on any atom is -0.309 e.